The fraction of sp³-hybridized carbons (Fsp3) is 0.200. The van der Waals surface area contributed by atoms with Gasteiger partial charge in [-0.25, -0.2) is 9.07 Å². The van der Waals surface area contributed by atoms with E-state index in [1.54, 1.807) is 16.8 Å². The monoisotopic (exact) mass is 401 g/mol. The van der Waals surface area contributed by atoms with Crippen LogP contribution in [0.1, 0.15) is 16.8 Å². The van der Waals surface area contributed by atoms with Gasteiger partial charge in [-0.05, 0) is 36.4 Å². The van der Waals surface area contributed by atoms with E-state index in [2.05, 4.69) is 22.1 Å². The minimum atomic E-state index is -0.261. The number of benzene rings is 3. The Labute approximate surface area is 175 Å². The number of halogens is 1. The van der Waals surface area contributed by atoms with Gasteiger partial charge in [-0.1, -0.05) is 60.7 Å². The molecule has 152 valence electrons. The van der Waals surface area contributed by atoms with Crippen molar-refractivity contribution in [1.29, 1.82) is 0 Å². The van der Waals surface area contributed by atoms with Gasteiger partial charge >= 0.3 is 0 Å². The summed E-state index contributed by atoms with van der Waals surface area (Å²) in [6, 6.07) is 24.2. The summed E-state index contributed by atoms with van der Waals surface area (Å²) < 4.78 is 14.8. The van der Waals surface area contributed by atoms with E-state index in [-0.39, 0.29) is 11.4 Å². The van der Waals surface area contributed by atoms with E-state index < -0.39 is 0 Å². The summed E-state index contributed by atoms with van der Waals surface area (Å²) in [5, 5.41) is 6.19. The Hall–Kier alpha value is -3.31. The average Bonchev–Trinajstić information content (AvgIpc) is 2.77. The molecule has 0 saturated carbocycles. The van der Waals surface area contributed by atoms with Crippen LogP contribution in [0.25, 0.3) is 10.8 Å². The Morgan fingerprint density at radius 3 is 2.27 bits per heavy atom. The zero-order valence-electron chi connectivity index (χ0n) is 17.0. The highest BCUT2D eigenvalue weighted by Gasteiger charge is 2.12. The first kappa shape index (κ1) is 20.0. The van der Waals surface area contributed by atoms with Crippen LogP contribution in [0.2, 0.25) is 0 Å². The maximum absolute atomic E-state index is 13.3. The van der Waals surface area contributed by atoms with E-state index in [1.807, 2.05) is 49.5 Å². The van der Waals surface area contributed by atoms with Crippen LogP contribution in [0.15, 0.2) is 83.7 Å². The van der Waals surface area contributed by atoms with Crippen LogP contribution in [0.3, 0.4) is 0 Å². The van der Waals surface area contributed by atoms with Crippen molar-refractivity contribution in [2.45, 2.75) is 19.5 Å². The second kappa shape index (κ2) is 9.01. The SMILES string of the molecule is CN(CCn1nc(Cc2ccc(F)cc2)c2ccccc2c1=O)Cc1ccccc1. The fourth-order valence-corrected chi connectivity index (χ4v) is 3.62. The number of nitrogens with zero attached hydrogens (tertiary/aromatic N) is 3. The third kappa shape index (κ3) is 4.63. The molecule has 0 bridgehead atoms. The molecule has 3 aromatic carbocycles. The molecular formula is C25H24FN3O. The van der Waals surface area contributed by atoms with Gasteiger partial charge < -0.3 is 4.90 Å². The van der Waals surface area contributed by atoms with Crippen molar-refractivity contribution in [3.05, 3.63) is 112 Å². The number of rotatable bonds is 7. The van der Waals surface area contributed by atoms with Gasteiger partial charge in [0.2, 0.25) is 0 Å². The quantitative estimate of drug-likeness (QED) is 0.464. The minimum Gasteiger partial charge on any atom is -0.300 e. The van der Waals surface area contributed by atoms with Gasteiger partial charge in [0.15, 0.2) is 0 Å². The third-order valence-electron chi connectivity index (χ3n) is 5.22. The molecule has 0 aliphatic rings. The molecule has 0 aliphatic carbocycles. The fourth-order valence-electron chi connectivity index (χ4n) is 3.62. The summed E-state index contributed by atoms with van der Waals surface area (Å²) in [5.41, 5.74) is 2.93. The molecule has 0 spiro atoms. The third-order valence-corrected chi connectivity index (χ3v) is 5.22. The molecule has 1 heterocycles. The lowest BCUT2D eigenvalue weighted by molar-refractivity contribution is 0.302. The lowest BCUT2D eigenvalue weighted by Crippen LogP contribution is -2.31. The zero-order valence-corrected chi connectivity index (χ0v) is 17.0. The predicted octanol–water partition coefficient (Wildman–Crippen LogP) is 4.26. The maximum atomic E-state index is 13.3. The van der Waals surface area contributed by atoms with Gasteiger partial charge in [0.05, 0.1) is 17.6 Å². The summed E-state index contributed by atoms with van der Waals surface area (Å²) in [6.45, 7) is 2.02. The Bertz CT molecular complexity index is 1190. The van der Waals surface area contributed by atoms with E-state index in [1.165, 1.54) is 17.7 Å². The van der Waals surface area contributed by atoms with Crippen LogP contribution in [-0.4, -0.2) is 28.3 Å². The van der Waals surface area contributed by atoms with E-state index in [0.29, 0.717) is 24.9 Å². The number of hydrogen-bond acceptors (Lipinski definition) is 3. The molecule has 1 aromatic heterocycles. The lowest BCUT2D eigenvalue weighted by atomic mass is 10.0. The Morgan fingerprint density at radius 2 is 1.53 bits per heavy atom. The van der Waals surface area contributed by atoms with Gasteiger partial charge in [0.25, 0.3) is 5.56 Å². The van der Waals surface area contributed by atoms with E-state index in [9.17, 15) is 9.18 Å². The van der Waals surface area contributed by atoms with Gasteiger partial charge in [-0.15, -0.1) is 0 Å². The van der Waals surface area contributed by atoms with Crippen molar-refractivity contribution in [1.82, 2.24) is 14.7 Å². The standard InChI is InChI=1S/C25H24FN3O/c1-28(18-20-7-3-2-4-8-20)15-16-29-25(30)23-10-6-5-9-22(23)24(27-29)17-19-11-13-21(26)14-12-19/h2-14H,15-18H2,1H3. The smallest absolute Gasteiger partial charge is 0.274 e. The minimum absolute atomic E-state index is 0.0819. The second-order valence-electron chi connectivity index (χ2n) is 7.55. The number of hydrogen-bond donors (Lipinski definition) is 0. The first-order chi connectivity index (χ1) is 14.6. The van der Waals surface area contributed by atoms with Gasteiger partial charge in [0, 0.05) is 24.9 Å². The first-order valence-corrected chi connectivity index (χ1v) is 10.1. The predicted molar refractivity (Wildman–Crippen MR) is 118 cm³/mol. The Balaban J connectivity index is 1.59. The highest BCUT2D eigenvalue weighted by Crippen LogP contribution is 2.17. The Kier molecular flexibility index (Phi) is 6.00. The molecule has 4 nitrogen and oxygen atoms in total. The molecule has 5 heteroatoms. The van der Waals surface area contributed by atoms with Gasteiger partial charge in [-0.2, -0.15) is 5.10 Å². The summed E-state index contributed by atoms with van der Waals surface area (Å²) >= 11 is 0. The molecule has 0 aliphatic heterocycles. The van der Waals surface area contributed by atoms with Crippen molar-refractivity contribution < 1.29 is 4.39 Å². The van der Waals surface area contributed by atoms with Crippen LogP contribution in [0.5, 0.6) is 0 Å². The molecule has 0 radical (unpaired) electrons. The summed E-state index contributed by atoms with van der Waals surface area (Å²) in [6.07, 6.45) is 0.543. The molecule has 4 rings (SSSR count). The van der Waals surface area contributed by atoms with Crippen molar-refractivity contribution in [2.24, 2.45) is 0 Å². The lowest BCUT2D eigenvalue weighted by Gasteiger charge is -2.18. The molecule has 0 fully saturated rings. The summed E-state index contributed by atoms with van der Waals surface area (Å²) in [4.78, 5) is 15.2. The van der Waals surface area contributed by atoms with Crippen LogP contribution >= 0.6 is 0 Å². The van der Waals surface area contributed by atoms with Crippen LogP contribution < -0.4 is 5.56 Å². The Morgan fingerprint density at radius 1 is 0.867 bits per heavy atom. The highest BCUT2D eigenvalue weighted by molar-refractivity contribution is 5.83. The van der Waals surface area contributed by atoms with Crippen LogP contribution in [0, 0.1) is 5.82 Å². The zero-order chi connectivity index (χ0) is 20.9. The van der Waals surface area contributed by atoms with Crippen LogP contribution in [-0.2, 0) is 19.5 Å². The van der Waals surface area contributed by atoms with Crippen LogP contribution in [0.4, 0.5) is 4.39 Å². The summed E-state index contributed by atoms with van der Waals surface area (Å²) in [7, 11) is 2.04. The molecule has 4 aromatic rings. The maximum Gasteiger partial charge on any atom is 0.274 e. The highest BCUT2D eigenvalue weighted by atomic mass is 19.1. The molecule has 0 N–H and O–H groups in total. The van der Waals surface area contributed by atoms with Crippen molar-refractivity contribution in [3.8, 4) is 0 Å². The normalized spacial score (nSPS) is 11.3. The largest absolute Gasteiger partial charge is 0.300 e. The first-order valence-electron chi connectivity index (χ1n) is 10.1. The molecule has 0 unspecified atom stereocenters. The number of aromatic nitrogens is 2. The molecule has 0 amide bonds. The average molecular weight is 401 g/mol. The topological polar surface area (TPSA) is 38.1 Å². The van der Waals surface area contributed by atoms with Gasteiger partial charge in [-0.3, -0.25) is 4.79 Å². The second-order valence-corrected chi connectivity index (χ2v) is 7.55. The molecule has 30 heavy (non-hydrogen) atoms. The molecular weight excluding hydrogens is 377 g/mol. The molecule has 0 atom stereocenters. The van der Waals surface area contributed by atoms with E-state index in [0.717, 1.165) is 23.2 Å². The van der Waals surface area contributed by atoms with E-state index >= 15 is 0 Å². The number of likely N-dealkylation sites (N-methyl/N-ethyl adjacent to an activating group) is 1. The van der Waals surface area contributed by atoms with Crippen molar-refractivity contribution >= 4 is 10.8 Å². The van der Waals surface area contributed by atoms with Crippen molar-refractivity contribution in [2.75, 3.05) is 13.6 Å². The van der Waals surface area contributed by atoms with E-state index in [4.69, 9.17) is 0 Å². The van der Waals surface area contributed by atoms with Gasteiger partial charge in [0.1, 0.15) is 5.82 Å². The summed E-state index contributed by atoms with van der Waals surface area (Å²) in [5.74, 6) is -0.261. The number of fused-ring (bicyclic) bond motifs is 1. The van der Waals surface area contributed by atoms with Crippen molar-refractivity contribution in [3.63, 3.8) is 0 Å². The molecule has 0 saturated heterocycles.